The van der Waals surface area contributed by atoms with Crippen molar-refractivity contribution in [3.63, 3.8) is 0 Å². The summed E-state index contributed by atoms with van der Waals surface area (Å²) in [6.45, 7) is 11.5. The Bertz CT molecular complexity index is 1230. The van der Waals surface area contributed by atoms with Gasteiger partial charge in [0.2, 0.25) is 17.7 Å². The number of carbonyl (C=O) groups is 4. The van der Waals surface area contributed by atoms with Gasteiger partial charge in [0.15, 0.2) is 0 Å². The number of aliphatic hydroxyl groups is 1. The number of rotatable bonds is 16. The number of ether oxygens (including phenoxy) is 2. The molecule has 0 saturated carbocycles. The molecule has 3 saturated heterocycles. The average Bonchev–Trinajstić information content (AvgIpc) is 3.62. The van der Waals surface area contributed by atoms with E-state index in [1.54, 1.807) is 24.0 Å². The predicted molar refractivity (Wildman–Crippen MR) is 168 cm³/mol. The summed E-state index contributed by atoms with van der Waals surface area (Å²) in [5.41, 5.74) is -0.507. The van der Waals surface area contributed by atoms with E-state index < -0.39 is 53.5 Å². The molecular weight excluding hydrogens is 630 g/mol. The topological polar surface area (TPSA) is 125 Å². The lowest BCUT2D eigenvalue weighted by Crippen LogP contribution is -2.58. The first kappa shape index (κ1) is 33.9. The number of hydrogen-bond donors (Lipinski definition) is 2. The van der Waals surface area contributed by atoms with Gasteiger partial charge in [-0.15, -0.1) is 13.2 Å². The maximum absolute atomic E-state index is 14.3. The summed E-state index contributed by atoms with van der Waals surface area (Å²) >= 11 is 3.70. The lowest BCUT2D eigenvalue weighted by Gasteiger charge is -2.38. The minimum absolute atomic E-state index is 0.0891. The molecule has 4 rings (SSSR count). The van der Waals surface area contributed by atoms with Crippen LogP contribution in [-0.4, -0.2) is 93.5 Å². The minimum atomic E-state index is -1.25. The predicted octanol–water partition coefficient (Wildman–Crippen LogP) is 3.30. The van der Waals surface area contributed by atoms with Gasteiger partial charge in [0.25, 0.3) is 0 Å². The van der Waals surface area contributed by atoms with Crippen LogP contribution in [0.1, 0.15) is 57.6 Å². The summed E-state index contributed by atoms with van der Waals surface area (Å²) in [4.78, 5) is 57.8. The van der Waals surface area contributed by atoms with Crippen molar-refractivity contribution in [3.8, 4) is 0 Å². The third-order valence-electron chi connectivity index (χ3n) is 8.93. The first-order valence-corrected chi connectivity index (χ1v) is 16.3. The van der Waals surface area contributed by atoms with Crippen molar-refractivity contribution in [1.82, 2.24) is 15.1 Å². The number of likely N-dealkylation sites (tertiary alicyclic amines) is 1. The number of hydrogen-bond acceptors (Lipinski definition) is 7. The molecule has 1 aromatic rings. The van der Waals surface area contributed by atoms with Crippen molar-refractivity contribution in [2.75, 3.05) is 26.3 Å². The van der Waals surface area contributed by atoms with E-state index in [1.807, 2.05) is 37.3 Å². The van der Waals surface area contributed by atoms with Gasteiger partial charge in [0, 0.05) is 24.3 Å². The highest BCUT2D eigenvalue weighted by atomic mass is 79.9. The van der Waals surface area contributed by atoms with Crippen LogP contribution in [0, 0.1) is 11.8 Å². The molecule has 0 aliphatic carbocycles. The standard InChI is InChI=1S/C33H44BrN3O7/c1-5-8-15-25(39)43-20-24(22-13-11-10-12-14-22)35-30(40)26-27-31(41)37(21(4)19-38)29(33(27)18-23(34)28(26)44-33)32(42)36(16-7-3)17-9-6-2/h5,7,10-14,21,23-24,26-29,38H,1,3,6,8-9,15-20H2,2,4H3,(H,35,40)/t21-,23?,24+,26+,27-,28+,29+,33-/m1/s1. The number of fused-ring (bicyclic) bond motifs is 1. The van der Waals surface area contributed by atoms with Gasteiger partial charge in [-0.05, 0) is 31.7 Å². The van der Waals surface area contributed by atoms with E-state index in [-0.39, 0.29) is 36.3 Å². The third-order valence-corrected chi connectivity index (χ3v) is 9.77. The van der Waals surface area contributed by atoms with Crippen LogP contribution in [0.2, 0.25) is 0 Å². The van der Waals surface area contributed by atoms with Crippen LogP contribution in [0.4, 0.5) is 0 Å². The van der Waals surface area contributed by atoms with Crippen molar-refractivity contribution in [3.05, 3.63) is 61.2 Å². The molecular formula is C33H44BrN3O7. The molecule has 3 fully saturated rings. The van der Waals surface area contributed by atoms with Crippen molar-refractivity contribution >= 4 is 39.6 Å². The van der Waals surface area contributed by atoms with E-state index in [0.717, 1.165) is 18.4 Å². The monoisotopic (exact) mass is 673 g/mol. The highest BCUT2D eigenvalue weighted by Crippen LogP contribution is 2.60. The number of unbranched alkanes of at least 4 members (excludes halogenated alkanes) is 1. The lowest BCUT2D eigenvalue weighted by atomic mass is 9.70. The first-order valence-electron chi connectivity index (χ1n) is 15.4. The molecule has 10 nitrogen and oxygen atoms in total. The normalized spacial score (nSPS) is 28.2. The van der Waals surface area contributed by atoms with Gasteiger partial charge in [-0.3, -0.25) is 19.2 Å². The number of alkyl halides is 1. The molecule has 2 N–H and O–H groups in total. The molecule has 44 heavy (non-hydrogen) atoms. The number of benzene rings is 1. The van der Waals surface area contributed by atoms with Crippen LogP contribution in [0.3, 0.4) is 0 Å². The van der Waals surface area contributed by atoms with E-state index in [9.17, 15) is 24.3 Å². The molecule has 3 amide bonds. The maximum Gasteiger partial charge on any atom is 0.306 e. The first-order chi connectivity index (χ1) is 21.1. The number of allylic oxidation sites excluding steroid dienone is 1. The molecule has 3 heterocycles. The van der Waals surface area contributed by atoms with Crippen molar-refractivity contribution in [1.29, 1.82) is 0 Å². The molecule has 1 aromatic carbocycles. The van der Waals surface area contributed by atoms with E-state index in [0.29, 0.717) is 25.9 Å². The smallest absolute Gasteiger partial charge is 0.306 e. The fraction of sp³-hybridized carbons (Fsp3) is 0.576. The van der Waals surface area contributed by atoms with E-state index in [2.05, 4.69) is 34.4 Å². The summed E-state index contributed by atoms with van der Waals surface area (Å²) in [6.07, 6.45) is 5.32. The molecule has 0 aromatic heterocycles. The number of esters is 1. The van der Waals surface area contributed by atoms with Crippen LogP contribution < -0.4 is 5.32 Å². The Morgan fingerprint density at radius 1 is 1.27 bits per heavy atom. The van der Waals surface area contributed by atoms with Crippen LogP contribution in [-0.2, 0) is 28.7 Å². The average molecular weight is 675 g/mol. The minimum Gasteiger partial charge on any atom is -0.463 e. The highest BCUT2D eigenvalue weighted by Gasteiger charge is 2.77. The van der Waals surface area contributed by atoms with Gasteiger partial charge < -0.3 is 29.7 Å². The summed E-state index contributed by atoms with van der Waals surface area (Å²) in [6, 6.07) is 6.84. The Labute approximate surface area is 267 Å². The zero-order chi connectivity index (χ0) is 32.0. The number of nitrogens with one attached hydrogen (secondary N) is 1. The second-order valence-corrected chi connectivity index (χ2v) is 13.0. The van der Waals surface area contributed by atoms with Gasteiger partial charge in [-0.1, -0.05) is 71.8 Å². The van der Waals surface area contributed by atoms with Crippen molar-refractivity contribution in [2.45, 2.75) is 80.6 Å². The van der Waals surface area contributed by atoms with Crippen LogP contribution in [0.15, 0.2) is 55.6 Å². The fourth-order valence-corrected chi connectivity index (χ4v) is 7.76. The number of amides is 3. The molecule has 1 unspecified atom stereocenters. The van der Waals surface area contributed by atoms with E-state index in [1.165, 1.54) is 4.90 Å². The van der Waals surface area contributed by atoms with Crippen molar-refractivity contribution < 1.29 is 33.8 Å². The molecule has 240 valence electrons. The number of aliphatic hydroxyl groups excluding tert-OH is 1. The van der Waals surface area contributed by atoms with Gasteiger partial charge in [-0.25, -0.2) is 0 Å². The Kier molecular flexibility index (Phi) is 11.4. The second kappa shape index (κ2) is 14.8. The molecule has 3 aliphatic rings. The Balaban J connectivity index is 1.66. The summed E-state index contributed by atoms with van der Waals surface area (Å²) in [5.74, 6) is -3.31. The zero-order valence-electron chi connectivity index (χ0n) is 25.5. The zero-order valence-corrected chi connectivity index (χ0v) is 27.1. The maximum atomic E-state index is 14.3. The third kappa shape index (κ3) is 6.50. The molecule has 8 atom stereocenters. The molecule has 3 aliphatic heterocycles. The number of carbonyl (C=O) groups excluding carboxylic acids is 4. The molecule has 2 bridgehead atoms. The van der Waals surface area contributed by atoms with Crippen molar-refractivity contribution in [2.24, 2.45) is 11.8 Å². The van der Waals surface area contributed by atoms with E-state index in [4.69, 9.17) is 9.47 Å². The SMILES string of the molecule is C=CCCC(=O)OC[C@H](NC(=O)[C@@H]1[C@H]2O[C@@]3(CC2Br)[C@H](C(=O)N(CC=C)CCCC)N([C@H](C)CO)C(=O)[C@@H]13)c1ccccc1. The Morgan fingerprint density at radius 3 is 2.64 bits per heavy atom. The number of nitrogens with zero attached hydrogens (tertiary/aromatic N) is 2. The summed E-state index contributed by atoms with van der Waals surface area (Å²) < 4.78 is 12.1. The van der Waals surface area contributed by atoms with E-state index >= 15 is 0 Å². The van der Waals surface area contributed by atoms with Gasteiger partial charge in [0.1, 0.15) is 18.2 Å². The quantitative estimate of drug-likeness (QED) is 0.157. The van der Waals surface area contributed by atoms with Crippen LogP contribution in [0.25, 0.3) is 0 Å². The largest absolute Gasteiger partial charge is 0.463 e. The van der Waals surface area contributed by atoms with Gasteiger partial charge in [-0.2, -0.15) is 0 Å². The highest BCUT2D eigenvalue weighted by molar-refractivity contribution is 9.09. The second-order valence-electron chi connectivity index (χ2n) is 11.8. The lowest BCUT2D eigenvalue weighted by molar-refractivity contribution is -0.150. The molecule has 11 heteroatoms. The molecule has 0 radical (unpaired) electrons. The Morgan fingerprint density at radius 2 is 2.00 bits per heavy atom. The van der Waals surface area contributed by atoms with Crippen LogP contribution >= 0.6 is 15.9 Å². The number of halogens is 1. The van der Waals surface area contributed by atoms with Crippen LogP contribution in [0.5, 0.6) is 0 Å². The fourth-order valence-electron chi connectivity index (χ4n) is 6.82. The molecule has 1 spiro atoms. The Hall–Kier alpha value is -3.02. The van der Waals surface area contributed by atoms with Gasteiger partial charge >= 0.3 is 5.97 Å². The van der Waals surface area contributed by atoms with Gasteiger partial charge in [0.05, 0.1) is 36.6 Å². The summed E-state index contributed by atoms with van der Waals surface area (Å²) in [7, 11) is 0. The summed E-state index contributed by atoms with van der Waals surface area (Å²) in [5, 5.41) is 13.2.